The highest BCUT2D eigenvalue weighted by molar-refractivity contribution is 6.30. The van der Waals surface area contributed by atoms with Crippen LogP contribution in [0, 0.1) is 0 Å². The molecular formula is C21H24ClNO5. The summed E-state index contributed by atoms with van der Waals surface area (Å²) >= 11 is 5.93. The molecule has 0 aliphatic heterocycles. The summed E-state index contributed by atoms with van der Waals surface area (Å²) in [6.07, 6.45) is -0.961. The van der Waals surface area contributed by atoms with Crippen molar-refractivity contribution in [2.75, 3.05) is 11.9 Å². The molecule has 7 heteroatoms. The Morgan fingerprint density at radius 1 is 1.11 bits per heavy atom. The molecule has 0 bridgehead atoms. The molecule has 2 aromatic carbocycles. The van der Waals surface area contributed by atoms with Crippen LogP contribution in [0.3, 0.4) is 0 Å². The van der Waals surface area contributed by atoms with Crippen molar-refractivity contribution >= 4 is 29.4 Å². The first-order valence-corrected chi connectivity index (χ1v) is 9.36. The fraction of sp³-hybridized carbons (Fsp3) is 0.333. The maximum atomic E-state index is 12.0. The number of carbonyl (C=O) groups is 2. The average Bonchev–Trinajstić information content (AvgIpc) is 2.61. The minimum Gasteiger partial charge on any atom is -0.479 e. The molecule has 0 aliphatic rings. The van der Waals surface area contributed by atoms with E-state index in [1.807, 2.05) is 18.2 Å². The van der Waals surface area contributed by atoms with Gasteiger partial charge in [0.15, 0.2) is 6.10 Å². The molecule has 28 heavy (non-hydrogen) atoms. The second-order valence-corrected chi connectivity index (χ2v) is 6.99. The van der Waals surface area contributed by atoms with Crippen LogP contribution in [0.25, 0.3) is 0 Å². The molecule has 0 heterocycles. The van der Waals surface area contributed by atoms with Crippen LogP contribution in [0.4, 0.5) is 10.5 Å². The van der Waals surface area contributed by atoms with Gasteiger partial charge in [0.25, 0.3) is 0 Å². The van der Waals surface area contributed by atoms with Gasteiger partial charge in [-0.15, -0.1) is 0 Å². The first-order chi connectivity index (χ1) is 13.3. The minimum absolute atomic E-state index is 0.197. The molecule has 0 radical (unpaired) electrons. The van der Waals surface area contributed by atoms with Crippen molar-refractivity contribution in [2.45, 2.75) is 38.9 Å². The van der Waals surface area contributed by atoms with Crippen LogP contribution in [-0.2, 0) is 27.1 Å². The van der Waals surface area contributed by atoms with E-state index in [2.05, 4.69) is 5.32 Å². The zero-order chi connectivity index (χ0) is 20.5. The highest BCUT2D eigenvalue weighted by Gasteiger charge is 2.20. The Labute approximate surface area is 169 Å². The lowest BCUT2D eigenvalue weighted by Crippen LogP contribution is -2.29. The van der Waals surface area contributed by atoms with Gasteiger partial charge in [0, 0.05) is 23.6 Å². The number of hydrogen-bond donors (Lipinski definition) is 2. The maximum Gasteiger partial charge on any atom is 0.411 e. The topological polar surface area (TPSA) is 84.9 Å². The van der Waals surface area contributed by atoms with E-state index in [-0.39, 0.29) is 19.1 Å². The van der Waals surface area contributed by atoms with Crippen LogP contribution in [-0.4, -0.2) is 36.0 Å². The summed E-state index contributed by atoms with van der Waals surface area (Å²) in [6, 6.07) is 14.3. The lowest BCUT2D eigenvalue weighted by molar-refractivity contribution is -0.153. The zero-order valence-electron chi connectivity index (χ0n) is 15.9. The first-order valence-electron chi connectivity index (χ1n) is 8.99. The van der Waals surface area contributed by atoms with E-state index in [1.54, 1.807) is 44.2 Å². The number of carboxylic acids is 1. The number of ether oxygens (including phenoxy) is 2. The molecule has 2 aromatic rings. The Hall–Kier alpha value is -2.57. The van der Waals surface area contributed by atoms with Crippen LogP contribution in [0.1, 0.15) is 25.0 Å². The Kier molecular flexibility index (Phi) is 8.29. The molecule has 0 spiro atoms. The van der Waals surface area contributed by atoms with Crippen LogP contribution >= 0.6 is 11.6 Å². The molecule has 0 saturated heterocycles. The fourth-order valence-corrected chi connectivity index (χ4v) is 2.83. The number of aliphatic carboxylic acids is 1. The third-order valence-corrected chi connectivity index (χ3v) is 4.05. The predicted molar refractivity (Wildman–Crippen MR) is 108 cm³/mol. The van der Waals surface area contributed by atoms with E-state index in [4.69, 9.17) is 21.1 Å². The summed E-state index contributed by atoms with van der Waals surface area (Å²) in [5.41, 5.74) is 2.25. The lowest BCUT2D eigenvalue weighted by atomic mass is 10.1. The van der Waals surface area contributed by atoms with Crippen molar-refractivity contribution in [1.82, 2.24) is 0 Å². The number of halogens is 1. The van der Waals surface area contributed by atoms with Gasteiger partial charge >= 0.3 is 12.1 Å². The minimum atomic E-state index is -1.02. The molecule has 1 unspecified atom stereocenters. The molecule has 2 N–H and O–H groups in total. The number of nitrogens with one attached hydrogen (secondary N) is 1. The smallest absolute Gasteiger partial charge is 0.411 e. The molecular weight excluding hydrogens is 382 g/mol. The summed E-state index contributed by atoms with van der Waals surface area (Å²) in [4.78, 5) is 23.3. The van der Waals surface area contributed by atoms with E-state index in [0.717, 1.165) is 11.1 Å². The summed E-state index contributed by atoms with van der Waals surface area (Å²) in [7, 11) is 0. The van der Waals surface area contributed by atoms with Gasteiger partial charge in [0.2, 0.25) is 0 Å². The number of carbonyl (C=O) groups excluding carboxylic acids is 1. The number of hydrogen-bond acceptors (Lipinski definition) is 4. The zero-order valence-corrected chi connectivity index (χ0v) is 16.6. The maximum absolute atomic E-state index is 12.0. The average molecular weight is 406 g/mol. The highest BCUT2D eigenvalue weighted by atomic mass is 35.5. The summed E-state index contributed by atoms with van der Waals surface area (Å²) in [5, 5.41) is 12.6. The normalized spacial score (nSPS) is 11.9. The van der Waals surface area contributed by atoms with Crippen molar-refractivity contribution in [3.63, 3.8) is 0 Å². The summed E-state index contributed by atoms with van der Waals surface area (Å²) in [5.74, 6) is -1.02. The Bertz CT molecular complexity index is 809. The van der Waals surface area contributed by atoms with Gasteiger partial charge in [-0.3, -0.25) is 5.32 Å². The Morgan fingerprint density at radius 2 is 1.82 bits per heavy atom. The van der Waals surface area contributed by atoms with Crippen LogP contribution in [0.2, 0.25) is 5.02 Å². The van der Waals surface area contributed by atoms with Crippen molar-refractivity contribution in [3.8, 4) is 0 Å². The molecule has 150 valence electrons. The van der Waals surface area contributed by atoms with E-state index >= 15 is 0 Å². The molecule has 1 atom stereocenters. The summed E-state index contributed by atoms with van der Waals surface area (Å²) < 4.78 is 10.6. The van der Waals surface area contributed by atoms with E-state index in [1.165, 1.54) is 0 Å². The number of rotatable bonds is 9. The lowest BCUT2D eigenvalue weighted by Gasteiger charge is -2.17. The molecule has 0 aliphatic carbocycles. The molecule has 0 aromatic heterocycles. The number of carboxylic acid groups (broad SMARTS) is 1. The van der Waals surface area contributed by atoms with E-state index in [0.29, 0.717) is 17.1 Å². The van der Waals surface area contributed by atoms with Gasteiger partial charge in [-0.25, -0.2) is 9.59 Å². The summed E-state index contributed by atoms with van der Waals surface area (Å²) in [6.45, 7) is 3.79. The van der Waals surface area contributed by atoms with Crippen LogP contribution < -0.4 is 5.32 Å². The second-order valence-electron chi connectivity index (χ2n) is 6.56. The van der Waals surface area contributed by atoms with E-state index in [9.17, 15) is 14.7 Å². The standard InChI is InChI=1S/C21H24ClNO5/c1-14(2)28-19(20(24)25)13-16-6-4-8-18(12-16)23-21(26)27-10-9-15-5-3-7-17(22)11-15/h3-8,11-12,14,19H,9-10,13H2,1-2H3,(H,23,26)(H,24,25). The first kappa shape index (κ1) is 21.7. The molecule has 6 nitrogen and oxygen atoms in total. The van der Waals surface area contributed by atoms with Gasteiger partial charge in [0.05, 0.1) is 12.7 Å². The third kappa shape index (κ3) is 7.58. The monoisotopic (exact) mass is 405 g/mol. The van der Waals surface area contributed by atoms with Crippen molar-refractivity contribution in [2.24, 2.45) is 0 Å². The van der Waals surface area contributed by atoms with Gasteiger partial charge in [0.1, 0.15) is 0 Å². The van der Waals surface area contributed by atoms with Gasteiger partial charge in [-0.05, 0) is 49.2 Å². The molecule has 2 rings (SSSR count). The van der Waals surface area contributed by atoms with Crippen molar-refractivity contribution in [1.29, 1.82) is 0 Å². The predicted octanol–water partition coefficient (Wildman–Crippen LogP) is 4.55. The van der Waals surface area contributed by atoms with Gasteiger partial charge in [-0.2, -0.15) is 0 Å². The fourth-order valence-electron chi connectivity index (χ4n) is 2.62. The van der Waals surface area contributed by atoms with E-state index < -0.39 is 18.2 Å². The quantitative estimate of drug-likeness (QED) is 0.639. The van der Waals surface area contributed by atoms with Crippen molar-refractivity contribution in [3.05, 3.63) is 64.7 Å². The highest BCUT2D eigenvalue weighted by Crippen LogP contribution is 2.15. The molecule has 0 fully saturated rings. The van der Waals surface area contributed by atoms with Gasteiger partial charge < -0.3 is 14.6 Å². The molecule has 1 amide bonds. The largest absolute Gasteiger partial charge is 0.479 e. The number of benzene rings is 2. The molecule has 0 saturated carbocycles. The number of anilines is 1. The van der Waals surface area contributed by atoms with Gasteiger partial charge in [-0.1, -0.05) is 35.9 Å². The van der Waals surface area contributed by atoms with Crippen LogP contribution in [0.15, 0.2) is 48.5 Å². The van der Waals surface area contributed by atoms with Crippen LogP contribution in [0.5, 0.6) is 0 Å². The second kappa shape index (κ2) is 10.7. The third-order valence-electron chi connectivity index (χ3n) is 3.82. The van der Waals surface area contributed by atoms with Crippen molar-refractivity contribution < 1.29 is 24.2 Å². The SMILES string of the molecule is CC(C)OC(Cc1cccc(NC(=O)OCCc2cccc(Cl)c2)c1)C(=O)O. The number of amides is 1. The Balaban J connectivity index is 1.87. The Morgan fingerprint density at radius 3 is 2.50 bits per heavy atom.